The molecule has 2 heteroatoms. The van der Waals surface area contributed by atoms with Crippen LogP contribution in [0.15, 0.2) is 12.7 Å². The highest BCUT2D eigenvalue weighted by atomic mass is 16.5. The van der Waals surface area contributed by atoms with Crippen molar-refractivity contribution in [2.24, 2.45) is 0 Å². The molecule has 0 bridgehead atoms. The molecule has 0 aromatic heterocycles. The van der Waals surface area contributed by atoms with Crippen LogP contribution in [0.2, 0.25) is 0 Å². The molecule has 0 spiro atoms. The molecule has 2 unspecified atom stereocenters. The van der Waals surface area contributed by atoms with E-state index in [2.05, 4.69) is 18.8 Å². The monoisotopic (exact) mass is 197 g/mol. The molecule has 0 aliphatic carbocycles. The topological polar surface area (TPSA) is 21.3 Å². The van der Waals surface area contributed by atoms with Gasteiger partial charge in [0.1, 0.15) is 0 Å². The van der Waals surface area contributed by atoms with Crippen molar-refractivity contribution < 1.29 is 4.74 Å². The highest BCUT2D eigenvalue weighted by Crippen LogP contribution is 2.19. The Morgan fingerprint density at radius 2 is 2.50 bits per heavy atom. The summed E-state index contributed by atoms with van der Waals surface area (Å²) < 4.78 is 5.71. The number of allylic oxidation sites excluding steroid dienone is 1. The molecule has 14 heavy (non-hydrogen) atoms. The lowest BCUT2D eigenvalue weighted by molar-refractivity contribution is 0.0755. The summed E-state index contributed by atoms with van der Waals surface area (Å²) in [6, 6.07) is 0.558. The first-order chi connectivity index (χ1) is 6.88. The normalized spacial score (nSPS) is 23.6. The van der Waals surface area contributed by atoms with Crippen molar-refractivity contribution in [3.05, 3.63) is 12.7 Å². The van der Waals surface area contributed by atoms with Crippen LogP contribution in [0.1, 0.15) is 39.0 Å². The van der Waals surface area contributed by atoms with Crippen LogP contribution >= 0.6 is 0 Å². The van der Waals surface area contributed by atoms with Crippen LogP contribution in [0.5, 0.6) is 0 Å². The van der Waals surface area contributed by atoms with Gasteiger partial charge in [-0.3, -0.25) is 0 Å². The van der Waals surface area contributed by atoms with E-state index in [1.54, 1.807) is 0 Å². The van der Waals surface area contributed by atoms with Crippen LogP contribution in [0.25, 0.3) is 0 Å². The highest BCUT2D eigenvalue weighted by molar-refractivity contribution is 4.81. The Bertz CT molecular complexity index is 152. The molecule has 0 amide bonds. The summed E-state index contributed by atoms with van der Waals surface area (Å²) in [6.45, 7) is 7.90. The number of likely N-dealkylation sites (N-methyl/N-ethyl adjacent to an activating group) is 1. The third kappa shape index (κ3) is 3.81. The molecule has 1 saturated heterocycles. The van der Waals surface area contributed by atoms with Gasteiger partial charge in [-0.05, 0) is 38.6 Å². The van der Waals surface area contributed by atoms with E-state index in [1.165, 1.54) is 25.7 Å². The molecule has 1 aliphatic heterocycles. The van der Waals surface area contributed by atoms with Crippen molar-refractivity contribution in [1.82, 2.24) is 5.32 Å². The van der Waals surface area contributed by atoms with Gasteiger partial charge in [-0.15, -0.1) is 6.58 Å². The van der Waals surface area contributed by atoms with Gasteiger partial charge in [-0.25, -0.2) is 0 Å². The summed E-state index contributed by atoms with van der Waals surface area (Å²) in [6.07, 6.45) is 8.47. The van der Waals surface area contributed by atoms with E-state index in [4.69, 9.17) is 4.74 Å². The molecule has 1 fully saturated rings. The van der Waals surface area contributed by atoms with E-state index in [1.807, 2.05) is 6.08 Å². The van der Waals surface area contributed by atoms with E-state index in [-0.39, 0.29) is 0 Å². The van der Waals surface area contributed by atoms with Crippen molar-refractivity contribution in [1.29, 1.82) is 0 Å². The Labute approximate surface area is 87.7 Å². The summed E-state index contributed by atoms with van der Waals surface area (Å²) in [4.78, 5) is 0. The van der Waals surface area contributed by atoms with Crippen molar-refractivity contribution in [2.75, 3.05) is 13.2 Å². The van der Waals surface area contributed by atoms with E-state index < -0.39 is 0 Å². The molecule has 2 nitrogen and oxygen atoms in total. The molecule has 1 rings (SSSR count). The molecule has 0 saturated carbocycles. The van der Waals surface area contributed by atoms with Crippen molar-refractivity contribution in [2.45, 2.75) is 51.2 Å². The van der Waals surface area contributed by atoms with Gasteiger partial charge in [0, 0.05) is 12.6 Å². The number of ether oxygens (including phenoxy) is 1. The number of unbranched alkanes of at least 4 members (excludes halogenated alkanes) is 1. The fourth-order valence-corrected chi connectivity index (χ4v) is 2.08. The molecule has 1 N–H and O–H groups in total. The largest absolute Gasteiger partial charge is 0.377 e. The first kappa shape index (κ1) is 11.7. The van der Waals surface area contributed by atoms with Gasteiger partial charge < -0.3 is 10.1 Å². The van der Waals surface area contributed by atoms with Gasteiger partial charge in [-0.2, -0.15) is 0 Å². The smallest absolute Gasteiger partial charge is 0.0728 e. The maximum atomic E-state index is 5.71. The van der Waals surface area contributed by atoms with Crippen LogP contribution in [-0.4, -0.2) is 25.3 Å². The highest BCUT2D eigenvalue weighted by Gasteiger charge is 2.24. The van der Waals surface area contributed by atoms with Crippen molar-refractivity contribution >= 4 is 0 Å². The van der Waals surface area contributed by atoms with E-state index in [9.17, 15) is 0 Å². The zero-order chi connectivity index (χ0) is 10.2. The number of nitrogens with one attached hydrogen (secondary N) is 1. The first-order valence-corrected chi connectivity index (χ1v) is 5.84. The Kier molecular flexibility index (Phi) is 5.88. The minimum absolute atomic E-state index is 0.458. The maximum Gasteiger partial charge on any atom is 0.0728 e. The second-order valence-corrected chi connectivity index (χ2v) is 3.94. The van der Waals surface area contributed by atoms with E-state index in [0.717, 1.165) is 19.6 Å². The van der Waals surface area contributed by atoms with Gasteiger partial charge in [0.2, 0.25) is 0 Å². The fraction of sp³-hybridized carbons (Fsp3) is 0.833. The lowest BCUT2D eigenvalue weighted by Crippen LogP contribution is -2.39. The summed E-state index contributed by atoms with van der Waals surface area (Å²) >= 11 is 0. The minimum Gasteiger partial charge on any atom is -0.377 e. The Hall–Kier alpha value is -0.340. The Morgan fingerprint density at radius 1 is 1.64 bits per heavy atom. The van der Waals surface area contributed by atoms with Crippen LogP contribution in [0.4, 0.5) is 0 Å². The van der Waals surface area contributed by atoms with Crippen LogP contribution in [0, 0.1) is 0 Å². The van der Waals surface area contributed by atoms with Crippen LogP contribution in [0.3, 0.4) is 0 Å². The van der Waals surface area contributed by atoms with E-state index >= 15 is 0 Å². The minimum atomic E-state index is 0.458. The van der Waals surface area contributed by atoms with Gasteiger partial charge in [0.15, 0.2) is 0 Å². The average molecular weight is 197 g/mol. The molecule has 0 aromatic carbocycles. The van der Waals surface area contributed by atoms with Gasteiger partial charge in [-0.1, -0.05) is 13.0 Å². The molecule has 2 atom stereocenters. The van der Waals surface area contributed by atoms with Crippen LogP contribution < -0.4 is 5.32 Å². The summed E-state index contributed by atoms with van der Waals surface area (Å²) in [5.74, 6) is 0. The lowest BCUT2D eigenvalue weighted by Gasteiger charge is -2.23. The molecule has 0 aromatic rings. The lowest BCUT2D eigenvalue weighted by atomic mass is 10.0. The Morgan fingerprint density at radius 3 is 3.07 bits per heavy atom. The predicted octanol–water partition coefficient (Wildman–Crippen LogP) is 2.50. The molecule has 0 radical (unpaired) electrons. The quantitative estimate of drug-likeness (QED) is 0.500. The number of rotatable bonds is 7. The third-order valence-corrected chi connectivity index (χ3v) is 2.80. The standard InChI is InChI=1S/C12H23NO/c1-3-5-6-8-11(13-4-2)12-9-7-10-14-12/h3,11-13H,1,4-10H2,2H3. The fourth-order valence-electron chi connectivity index (χ4n) is 2.08. The summed E-state index contributed by atoms with van der Waals surface area (Å²) in [7, 11) is 0. The predicted molar refractivity (Wildman–Crippen MR) is 60.5 cm³/mol. The second-order valence-electron chi connectivity index (χ2n) is 3.94. The zero-order valence-electron chi connectivity index (χ0n) is 9.30. The number of hydrogen-bond donors (Lipinski definition) is 1. The SMILES string of the molecule is C=CCCCC(NCC)C1CCCO1. The van der Waals surface area contributed by atoms with Gasteiger partial charge >= 0.3 is 0 Å². The van der Waals surface area contributed by atoms with Crippen molar-refractivity contribution in [3.8, 4) is 0 Å². The molecule has 82 valence electrons. The summed E-state index contributed by atoms with van der Waals surface area (Å²) in [5, 5.41) is 3.52. The number of hydrogen-bond acceptors (Lipinski definition) is 2. The third-order valence-electron chi connectivity index (χ3n) is 2.80. The Balaban J connectivity index is 2.25. The maximum absolute atomic E-state index is 5.71. The van der Waals surface area contributed by atoms with Crippen molar-refractivity contribution in [3.63, 3.8) is 0 Å². The van der Waals surface area contributed by atoms with Gasteiger partial charge in [0.25, 0.3) is 0 Å². The summed E-state index contributed by atoms with van der Waals surface area (Å²) in [5.41, 5.74) is 0. The first-order valence-electron chi connectivity index (χ1n) is 5.84. The second kappa shape index (κ2) is 7.02. The molecular formula is C12H23NO. The zero-order valence-corrected chi connectivity index (χ0v) is 9.30. The molecule has 1 aliphatic rings. The average Bonchev–Trinajstić information content (AvgIpc) is 2.70. The molecule has 1 heterocycles. The van der Waals surface area contributed by atoms with Gasteiger partial charge in [0.05, 0.1) is 6.10 Å². The molecular weight excluding hydrogens is 174 g/mol. The van der Waals surface area contributed by atoms with E-state index in [0.29, 0.717) is 12.1 Å². The van der Waals surface area contributed by atoms with Crippen LogP contribution in [-0.2, 0) is 4.74 Å².